The molecule has 2 rings (SSSR count). The Morgan fingerprint density at radius 3 is 2.74 bits per heavy atom. The number of nitrogens with one attached hydrogen (secondary N) is 1. The van der Waals surface area contributed by atoms with Crippen LogP contribution >= 0.6 is 0 Å². The second-order valence-corrected chi connectivity index (χ2v) is 5.55. The third-order valence-corrected chi connectivity index (χ3v) is 3.12. The van der Waals surface area contributed by atoms with E-state index in [1.54, 1.807) is 0 Å². The summed E-state index contributed by atoms with van der Waals surface area (Å²) in [7, 11) is 0. The van der Waals surface area contributed by atoms with Gasteiger partial charge < -0.3 is 15.2 Å². The third-order valence-electron chi connectivity index (χ3n) is 3.12. The zero-order chi connectivity index (χ0) is 17.0. The van der Waals surface area contributed by atoms with Crippen molar-refractivity contribution < 1.29 is 23.8 Å². The minimum absolute atomic E-state index is 0.0171. The smallest absolute Gasteiger partial charge is 0.277 e. The topological polar surface area (TPSA) is 78.9 Å². The maximum absolute atomic E-state index is 13.5. The Balaban J connectivity index is 2.19. The summed E-state index contributed by atoms with van der Waals surface area (Å²) in [4.78, 5) is 24.7. The maximum Gasteiger partial charge on any atom is 0.277 e. The molecule has 0 unspecified atom stereocenters. The van der Waals surface area contributed by atoms with Crippen LogP contribution in [-0.4, -0.2) is 41.6 Å². The van der Waals surface area contributed by atoms with E-state index in [4.69, 9.17) is 9.84 Å². The lowest BCUT2D eigenvalue weighted by molar-refractivity contribution is -0.137. The number of aliphatic hydroxyl groups is 1. The van der Waals surface area contributed by atoms with Crippen molar-refractivity contribution in [1.82, 2.24) is 4.90 Å². The summed E-state index contributed by atoms with van der Waals surface area (Å²) in [5.74, 6) is -0.909. The van der Waals surface area contributed by atoms with E-state index in [-0.39, 0.29) is 30.5 Å². The molecule has 0 saturated heterocycles. The lowest BCUT2D eigenvalue weighted by atomic mass is 10.2. The highest BCUT2D eigenvalue weighted by atomic mass is 19.1. The van der Waals surface area contributed by atoms with Gasteiger partial charge in [0.05, 0.1) is 25.4 Å². The lowest BCUT2D eigenvalue weighted by Crippen LogP contribution is -2.34. The van der Waals surface area contributed by atoms with Gasteiger partial charge in [0, 0.05) is 12.1 Å². The quantitative estimate of drug-likeness (QED) is 0.744. The Bertz CT molecular complexity index is 643. The van der Waals surface area contributed by atoms with E-state index in [9.17, 15) is 14.0 Å². The molecular weight excluding hydrogens is 303 g/mol. The van der Waals surface area contributed by atoms with Crippen molar-refractivity contribution in [3.05, 3.63) is 35.8 Å². The molecule has 1 heterocycles. The standard InChI is InChI=1S/C16H19FN2O4/c1-10(2)9-23-14-4-3-11(17)7-12(14)18-13-8-15(21)19(5-6-20)16(13)22/h3-4,7-8,10,18,20H,5-6,9H2,1-2H3. The van der Waals surface area contributed by atoms with Gasteiger partial charge in [0.2, 0.25) is 0 Å². The molecule has 0 atom stereocenters. The molecule has 1 aromatic carbocycles. The number of aliphatic hydroxyl groups excluding tert-OH is 1. The first kappa shape index (κ1) is 17.0. The van der Waals surface area contributed by atoms with Crippen molar-refractivity contribution in [3.63, 3.8) is 0 Å². The fourth-order valence-electron chi connectivity index (χ4n) is 2.04. The molecule has 7 heteroatoms. The molecule has 1 aliphatic rings. The lowest BCUT2D eigenvalue weighted by Gasteiger charge is -2.16. The minimum atomic E-state index is -0.567. The van der Waals surface area contributed by atoms with Crippen LogP contribution in [0.1, 0.15) is 13.8 Å². The molecule has 0 bridgehead atoms. The number of anilines is 1. The van der Waals surface area contributed by atoms with Crippen LogP contribution in [-0.2, 0) is 9.59 Å². The number of nitrogens with zero attached hydrogens (tertiary/aromatic N) is 1. The number of β-amino-alcohol motifs (C(OH)–C–C–N with tert-alkyl or cyclic N) is 1. The van der Waals surface area contributed by atoms with E-state index < -0.39 is 17.6 Å². The van der Waals surface area contributed by atoms with Gasteiger partial charge in [0.25, 0.3) is 11.8 Å². The molecule has 0 aromatic heterocycles. The van der Waals surface area contributed by atoms with Crippen LogP contribution in [0.5, 0.6) is 5.75 Å². The van der Waals surface area contributed by atoms with Crippen LogP contribution < -0.4 is 10.1 Å². The molecule has 23 heavy (non-hydrogen) atoms. The number of amides is 2. The maximum atomic E-state index is 13.5. The molecule has 6 nitrogen and oxygen atoms in total. The van der Waals surface area contributed by atoms with Gasteiger partial charge in [-0.25, -0.2) is 4.39 Å². The molecule has 0 saturated carbocycles. The Labute approximate surface area is 133 Å². The number of hydrogen-bond acceptors (Lipinski definition) is 5. The second-order valence-electron chi connectivity index (χ2n) is 5.55. The molecule has 0 spiro atoms. The van der Waals surface area contributed by atoms with Crippen LogP contribution in [0.25, 0.3) is 0 Å². The average molecular weight is 322 g/mol. The van der Waals surface area contributed by atoms with E-state index in [1.165, 1.54) is 18.2 Å². The van der Waals surface area contributed by atoms with Crippen LogP contribution in [0.3, 0.4) is 0 Å². The predicted molar refractivity (Wildman–Crippen MR) is 82.2 cm³/mol. The van der Waals surface area contributed by atoms with Crippen molar-refractivity contribution >= 4 is 17.5 Å². The number of imide groups is 1. The van der Waals surface area contributed by atoms with Crippen molar-refractivity contribution in [3.8, 4) is 5.75 Å². The second kappa shape index (κ2) is 7.23. The largest absolute Gasteiger partial charge is 0.491 e. The third kappa shape index (κ3) is 4.07. The Morgan fingerprint density at radius 1 is 1.35 bits per heavy atom. The Morgan fingerprint density at radius 2 is 2.09 bits per heavy atom. The summed E-state index contributed by atoms with van der Waals surface area (Å²) in [6, 6.07) is 3.92. The highest BCUT2D eigenvalue weighted by Crippen LogP contribution is 2.28. The number of benzene rings is 1. The fraction of sp³-hybridized carbons (Fsp3) is 0.375. The number of carbonyl (C=O) groups is 2. The van der Waals surface area contributed by atoms with E-state index in [1.807, 2.05) is 13.8 Å². The zero-order valence-corrected chi connectivity index (χ0v) is 13.0. The van der Waals surface area contributed by atoms with Gasteiger partial charge in [-0.05, 0) is 18.1 Å². The molecule has 2 N–H and O–H groups in total. The highest BCUT2D eigenvalue weighted by Gasteiger charge is 2.31. The van der Waals surface area contributed by atoms with E-state index in [0.29, 0.717) is 12.4 Å². The Kier molecular flexibility index (Phi) is 5.33. The number of hydrogen-bond donors (Lipinski definition) is 2. The van der Waals surface area contributed by atoms with Crippen molar-refractivity contribution in [2.45, 2.75) is 13.8 Å². The number of ether oxygens (including phenoxy) is 1. The van der Waals surface area contributed by atoms with Crippen LogP contribution in [0.4, 0.5) is 10.1 Å². The van der Waals surface area contributed by atoms with E-state index in [2.05, 4.69) is 5.32 Å². The molecule has 0 fully saturated rings. The first-order valence-corrected chi connectivity index (χ1v) is 7.30. The first-order chi connectivity index (χ1) is 10.9. The predicted octanol–water partition coefficient (Wildman–Crippen LogP) is 1.52. The van der Waals surface area contributed by atoms with E-state index >= 15 is 0 Å². The van der Waals surface area contributed by atoms with Crippen LogP contribution in [0, 0.1) is 11.7 Å². The van der Waals surface area contributed by atoms with Crippen LogP contribution in [0.2, 0.25) is 0 Å². The van der Waals surface area contributed by atoms with Gasteiger partial charge in [-0.1, -0.05) is 13.8 Å². The highest BCUT2D eigenvalue weighted by molar-refractivity contribution is 6.17. The number of rotatable bonds is 7. The number of halogens is 1. The molecule has 124 valence electrons. The molecule has 1 aliphatic heterocycles. The molecule has 0 aliphatic carbocycles. The molecular formula is C16H19FN2O4. The van der Waals surface area contributed by atoms with Gasteiger partial charge in [-0.2, -0.15) is 0 Å². The average Bonchev–Trinajstić information content (AvgIpc) is 2.74. The summed E-state index contributed by atoms with van der Waals surface area (Å²) in [5.41, 5.74) is 0.285. The van der Waals surface area contributed by atoms with E-state index in [0.717, 1.165) is 11.0 Å². The fourth-order valence-corrected chi connectivity index (χ4v) is 2.04. The van der Waals surface area contributed by atoms with Gasteiger partial charge in [-0.3, -0.25) is 14.5 Å². The molecule has 0 radical (unpaired) electrons. The molecule has 2 amide bonds. The summed E-state index contributed by atoms with van der Waals surface area (Å²) in [6.45, 7) is 3.99. The zero-order valence-electron chi connectivity index (χ0n) is 13.0. The first-order valence-electron chi connectivity index (χ1n) is 7.30. The van der Waals surface area contributed by atoms with Gasteiger partial charge in [-0.15, -0.1) is 0 Å². The van der Waals surface area contributed by atoms with Gasteiger partial charge in [0.1, 0.15) is 17.3 Å². The SMILES string of the molecule is CC(C)COc1ccc(F)cc1NC1=CC(=O)N(CCO)C1=O. The van der Waals surface area contributed by atoms with Gasteiger partial charge >= 0.3 is 0 Å². The monoisotopic (exact) mass is 322 g/mol. The van der Waals surface area contributed by atoms with Crippen LogP contribution in [0.15, 0.2) is 30.0 Å². The van der Waals surface area contributed by atoms with Gasteiger partial charge in [0.15, 0.2) is 0 Å². The normalized spacial score (nSPS) is 14.5. The van der Waals surface area contributed by atoms with Crippen molar-refractivity contribution in [2.24, 2.45) is 5.92 Å². The number of carbonyl (C=O) groups excluding carboxylic acids is 2. The van der Waals surface area contributed by atoms with Crippen molar-refractivity contribution in [2.75, 3.05) is 25.1 Å². The summed E-state index contributed by atoms with van der Waals surface area (Å²) < 4.78 is 19.1. The summed E-state index contributed by atoms with van der Waals surface area (Å²) in [6.07, 6.45) is 1.12. The minimum Gasteiger partial charge on any atom is -0.491 e. The van der Waals surface area contributed by atoms with Crippen molar-refractivity contribution in [1.29, 1.82) is 0 Å². The summed E-state index contributed by atoms with van der Waals surface area (Å²) >= 11 is 0. The Hall–Kier alpha value is -2.41. The molecule has 1 aromatic rings. The summed E-state index contributed by atoms with van der Waals surface area (Å²) in [5, 5.41) is 11.6.